The van der Waals surface area contributed by atoms with Gasteiger partial charge in [0.2, 0.25) is 5.91 Å². The number of allylic oxidation sites excluding steroid dienone is 19. The first kappa shape index (κ1) is 64.6. The summed E-state index contributed by atoms with van der Waals surface area (Å²) in [7, 11) is 0. The van der Waals surface area contributed by atoms with E-state index in [-0.39, 0.29) is 12.5 Å². The molecule has 7 atom stereocenters. The Morgan fingerprint density at radius 2 is 0.886 bits per heavy atom. The molecule has 0 bridgehead atoms. The molecule has 0 aromatic rings. The van der Waals surface area contributed by atoms with Gasteiger partial charge in [0.15, 0.2) is 6.29 Å². The average molecular weight is 976 g/mol. The van der Waals surface area contributed by atoms with Gasteiger partial charge in [-0.1, -0.05) is 225 Å². The highest BCUT2D eigenvalue weighted by molar-refractivity contribution is 5.76. The third-order valence-electron chi connectivity index (χ3n) is 12.3. The quantitative estimate of drug-likeness (QED) is 0.0261. The van der Waals surface area contributed by atoms with Crippen LogP contribution < -0.4 is 5.32 Å². The number of nitrogens with one attached hydrogen (secondary N) is 1. The maximum absolute atomic E-state index is 13.0. The molecule has 0 aromatic carbocycles. The Kier molecular flexibility index (Phi) is 45.4. The second-order valence-electron chi connectivity index (χ2n) is 18.6. The third kappa shape index (κ3) is 38.3. The standard InChI is InChI=1S/C61H101NO8/c1-3-5-7-9-11-13-15-17-18-19-20-21-22-23-24-25-26-27-28-29-30-31-32-33-34-35-36-37-38-39-41-43-45-47-49-51-57(65)62-54(53-69-61-60(68)59(67)58(66)56(52-63)70-61)55(64)50-48-46-44-42-40-16-14-12-10-8-6-4-2/h5,7,11,13,17-18,20-21,23-24,26-27,29-30,32-33,35-36,48,50,54-56,58-61,63-64,66-68H,3-4,6,8-10,12,14-16,19,22,25,28,31,34,37-47,49,51-53H2,1-2H3,(H,62,65)/b7-5-,13-11-,18-17-,21-20-,24-23-,27-26-,30-29-,33-32-,36-35-,50-48+. The van der Waals surface area contributed by atoms with Gasteiger partial charge in [0.25, 0.3) is 0 Å². The fourth-order valence-corrected chi connectivity index (χ4v) is 7.91. The molecule has 9 nitrogen and oxygen atoms in total. The van der Waals surface area contributed by atoms with Crippen molar-refractivity contribution in [3.8, 4) is 0 Å². The molecule has 0 aromatic heterocycles. The number of hydrogen-bond acceptors (Lipinski definition) is 8. The SMILES string of the molecule is CC/C=C\C/C=C\C/C=C\C/C=C\C/C=C\C/C=C\C/C=C\C/C=C\C/C=C\CCCCCCCCCC(=O)NC(COC1OC(CO)C(O)C(O)C1O)C(O)/C=C/CCCCCCCCCCCC. The zero-order valence-electron chi connectivity index (χ0n) is 44.0. The maximum Gasteiger partial charge on any atom is 0.220 e. The van der Waals surface area contributed by atoms with Gasteiger partial charge in [-0.3, -0.25) is 4.79 Å². The molecule has 1 amide bonds. The average Bonchev–Trinajstić information content (AvgIpc) is 3.36. The maximum atomic E-state index is 13.0. The first-order valence-electron chi connectivity index (χ1n) is 27.8. The van der Waals surface area contributed by atoms with Gasteiger partial charge in [0.1, 0.15) is 24.4 Å². The zero-order valence-corrected chi connectivity index (χ0v) is 44.0. The van der Waals surface area contributed by atoms with Gasteiger partial charge in [-0.25, -0.2) is 0 Å². The van der Waals surface area contributed by atoms with Crippen LogP contribution in [0.3, 0.4) is 0 Å². The number of aliphatic hydroxyl groups is 5. The Morgan fingerprint density at radius 3 is 1.31 bits per heavy atom. The van der Waals surface area contributed by atoms with Crippen molar-refractivity contribution >= 4 is 5.91 Å². The Hall–Kier alpha value is -3.41. The number of ether oxygens (including phenoxy) is 2. The predicted molar refractivity (Wildman–Crippen MR) is 294 cm³/mol. The molecule has 1 aliphatic heterocycles. The van der Waals surface area contributed by atoms with Crippen molar-refractivity contribution < 1.29 is 39.8 Å². The van der Waals surface area contributed by atoms with E-state index < -0.39 is 49.5 Å². The second-order valence-corrected chi connectivity index (χ2v) is 18.6. The summed E-state index contributed by atoms with van der Waals surface area (Å²) in [5, 5.41) is 54.3. The fraction of sp³-hybridized carbons (Fsp3) is 0.656. The van der Waals surface area contributed by atoms with Crippen molar-refractivity contribution in [3.05, 3.63) is 122 Å². The van der Waals surface area contributed by atoms with Gasteiger partial charge in [-0.2, -0.15) is 0 Å². The molecule has 0 saturated carbocycles. The van der Waals surface area contributed by atoms with E-state index in [1.54, 1.807) is 6.08 Å². The highest BCUT2D eigenvalue weighted by Gasteiger charge is 2.44. The number of amides is 1. The molecule has 9 heteroatoms. The molecule has 1 rings (SSSR count). The van der Waals surface area contributed by atoms with Crippen LogP contribution in [0.4, 0.5) is 0 Å². The Labute approximate surface area is 427 Å². The minimum atomic E-state index is -1.57. The van der Waals surface area contributed by atoms with Crippen LogP contribution in [-0.2, 0) is 14.3 Å². The number of unbranched alkanes of at least 4 members (excludes halogenated alkanes) is 17. The summed E-state index contributed by atoms with van der Waals surface area (Å²) in [6.45, 7) is 3.63. The minimum absolute atomic E-state index is 0.195. The van der Waals surface area contributed by atoms with Crippen LogP contribution in [0.15, 0.2) is 122 Å². The summed E-state index contributed by atoms with van der Waals surface area (Å²) in [4.78, 5) is 13.0. The molecule has 398 valence electrons. The van der Waals surface area contributed by atoms with Crippen LogP contribution in [0.25, 0.3) is 0 Å². The number of carbonyl (C=O) groups excluding carboxylic acids is 1. The van der Waals surface area contributed by atoms with Crippen molar-refractivity contribution in [2.24, 2.45) is 0 Å². The molecule has 1 heterocycles. The molecule has 1 aliphatic rings. The summed E-state index contributed by atoms with van der Waals surface area (Å²) in [6.07, 6.45) is 66.9. The molecule has 70 heavy (non-hydrogen) atoms. The highest BCUT2D eigenvalue weighted by Crippen LogP contribution is 2.22. The number of aliphatic hydroxyl groups excluding tert-OH is 5. The molecule has 6 N–H and O–H groups in total. The Morgan fingerprint density at radius 1 is 0.500 bits per heavy atom. The van der Waals surface area contributed by atoms with Crippen LogP contribution in [0.1, 0.15) is 200 Å². The first-order valence-corrected chi connectivity index (χ1v) is 27.8. The van der Waals surface area contributed by atoms with Gasteiger partial charge < -0.3 is 40.3 Å². The Balaban J connectivity index is 2.20. The van der Waals surface area contributed by atoms with Gasteiger partial charge in [-0.15, -0.1) is 0 Å². The van der Waals surface area contributed by atoms with E-state index in [1.165, 1.54) is 70.6 Å². The molecular formula is C61H101NO8. The zero-order chi connectivity index (χ0) is 50.8. The summed E-state index contributed by atoms with van der Waals surface area (Å²) in [6, 6.07) is -0.818. The van der Waals surface area contributed by atoms with E-state index in [9.17, 15) is 30.3 Å². The normalized spacial score (nSPS) is 20.4. The van der Waals surface area contributed by atoms with Crippen LogP contribution >= 0.6 is 0 Å². The fourth-order valence-electron chi connectivity index (χ4n) is 7.91. The molecule has 1 fully saturated rings. The van der Waals surface area contributed by atoms with E-state index >= 15 is 0 Å². The summed E-state index contributed by atoms with van der Waals surface area (Å²) in [5.41, 5.74) is 0. The van der Waals surface area contributed by atoms with E-state index in [0.717, 1.165) is 109 Å². The van der Waals surface area contributed by atoms with Crippen molar-refractivity contribution in [2.75, 3.05) is 13.2 Å². The number of rotatable bonds is 45. The largest absolute Gasteiger partial charge is 0.394 e. The van der Waals surface area contributed by atoms with Crippen molar-refractivity contribution in [2.45, 2.75) is 243 Å². The molecule has 0 aliphatic carbocycles. The lowest BCUT2D eigenvalue weighted by Gasteiger charge is -2.40. The Bertz CT molecular complexity index is 1510. The van der Waals surface area contributed by atoms with E-state index in [4.69, 9.17) is 9.47 Å². The van der Waals surface area contributed by atoms with Crippen LogP contribution in [0.2, 0.25) is 0 Å². The van der Waals surface area contributed by atoms with Gasteiger partial charge in [0, 0.05) is 6.42 Å². The van der Waals surface area contributed by atoms with Crippen LogP contribution in [-0.4, -0.2) is 87.5 Å². The van der Waals surface area contributed by atoms with Crippen LogP contribution in [0.5, 0.6) is 0 Å². The molecular weight excluding hydrogens is 875 g/mol. The predicted octanol–water partition coefficient (Wildman–Crippen LogP) is 13.6. The van der Waals surface area contributed by atoms with E-state index in [0.29, 0.717) is 6.42 Å². The summed E-state index contributed by atoms with van der Waals surface area (Å²) >= 11 is 0. The van der Waals surface area contributed by atoms with Gasteiger partial charge in [0.05, 0.1) is 25.4 Å². The number of hydrogen-bond donors (Lipinski definition) is 6. The topological polar surface area (TPSA) is 149 Å². The molecule has 0 radical (unpaired) electrons. The first-order chi connectivity index (χ1) is 34.3. The summed E-state index contributed by atoms with van der Waals surface area (Å²) in [5.74, 6) is -0.195. The highest BCUT2D eigenvalue weighted by atomic mass is 16.7. The molecule has 1 saturated heterocycles. The van der Waals surface area contributed by atoms with Crippen molar-refractivity contribution in [3.63, 3.8) is 0 Å². The van der Waals surface area contributed by atoms with Crippen molar-refractivity contribution in [1.82, 2.24) is 5.32 Å². The smallest absolute Gasteiger partial charge is 0.220 e. The number of carbonyl (C=O) groups is 1. The van der Waals surface area contributed by atoms with E-state index in [2.05, 4.69) is 129 Å². The van der Waals surface area contributed by atoms with Crippen LogP contribution in [0, 0.1) is 0 Å². The van der Waals surface area contributed by atoms with Gasteiger partial charge >= 0.3 is 0 Å². The molecule has 0 spiro atoms. The molecule has 7 unspecified atom stereocenters. The minimum Gasteiger partial charge on any atom is -0.394 e. The van der Waals surface area contributed by atoms with Gasteiger partial charge in [-0.05, 0) is 89.9 Å². The lowest BCUT2D eigenvalue weighted by Crippen LogP contribution is -2.60. The lowest BCUT2D eigenvalue weighted by molar-refractivity contribution is -0.302. The monoisotopic (exact) mass is 976 g/mol. The second kappa shape index (κ2) is 49.2. The van der Waals surface area contributed by atoms with Crippen molar-refractivity contribution in [1.29, 1.82) is 0 Å². The third-order valence-corrected chi connectivity index (χ3v) is 12.3. The lowest BCUT2D eigenvalue weighted by atomic mass is 9.99. The van der Waals surface area contributed by atoms with E-state index in [1.807, 2.05) is 6.08 Å². The summed E-state index contributed by atoms with van der Waals surface area (Å²) < 4.78 is 11.2.